The smallest absolute Gasteiger partial charge is 0.335 e. The number of nitrogens with zero attached hydrogens (tertiary/aromatic N) is 1. The second-order valence-corrected chi connectivity index (χ2v) is 9.69. The van der Waals surface area contributed by atoms with E-state index in [0.29, 0.717) is 18.8 Å². The molecule has 38 heavy (non-hydrogen) atoms. The van der Waals surface area contributed by atoms with Gasteiger partial charge in [-0.3, -0.25) is 0 Å². The van der Waals surface area contributed by atoms with Crippen molar-refractivity contribution in [3.8, 4) is 0 Å². The SMILES string of the molecule is C[C@@H](NC[C@H]1CN(C(=O)Nc2ccc(C(=O)O)cc2)C[C@@H]1c1ccccc1)c1cccc2ccccc12.Cl. The first-order chi connectivity index (χ1) is 18.0. The molecule has 0 bridgehead atoms. The third kappa shape index (κ3) is 5.98. The fraction of sp³-hybridized carbons (Fsp3) is 0.226. The van der Waals surface area contributed by atoms with Crippen molar-refractivity contribution in [2.45, 2.75) is 18.9 Å². The highest BCUT2D eigenvalue weighted by molar-refractivity contribution is 5.92. The van der Waals surface area contributed by atoms with E-state index in [2.05, 4.69) is 72.2 Å². The average Bonchev–Trinajstić information content (AvgIpc) is 3.37. The number of rotatable bonds is 7. The number of carboxylic acid groups (broad SMARTS) is 1. The summed E-state index contributed by atoms with van der Waals surface area (Å²) in [6.45, 7) is 4.23. The van der Waals surface area contributed by atoms with Gasteiger partial charge in [-0.1, -0.05) is 72.8 Å². The van der Waals surface area contributed by atoms with Gasteiger partial charge in [-0.25, -0.2) is 9.59 Å². The van der Waals surface area contributed by atoms with E-state index in [1.165, 1.54) is 34.0 Å². The van der Waals surface area contributed by atoms with E-state index < -0.39 is 5.97 Å². The van der Waals surface area contributed by atoms with Crippen molar-refractivity contribution < 1.29 is 14.7 Å². The van der Waals surface area contributed by atoms with Gasteiger partial charge in [-0.05, 0) is 59.0 Å². The van der Waals surface area contributed by atoms with Gasteiger partial charge in [0.1, 0.15) is 0 Å². The standard InChI is InChI=1S/C31H31N3O3.ClH/c1-21(27-13-7-11-22-10-5-6-12-28(22)27)32-18-25-19-34(20-29(25)23-8-3-2-4-9-23)31(37)33-26-16-14-24(15-17-26)30(35)36;/h2-17,21,25,29,32H,18-20H2,1H3,(H,33,37)(H,35,36);1H/t21-,25+,29-;/m1./s1. The molecule has 0 aromatic heterocycles. The molecule has 1 aliphatic rings. The summed E-state index contributed by atoms with van der Waals surface area (Å²) >= 11 is 0. The number of carbonyl (C=O) groups is 2. The van der Waals surface area contributed by atoms with Crippen LogP contribution in [0.2, 0.25) is 0 Å². The van der Waals surface area contributed by atoms with E-state index in [1.54, 1.807) is 12.1 Å². The number of likely N-dealkylation sites (tertiary alicyclic amines) is 1. The zero-order valence-electron chi connectivity index (χ0n) is 21.2. The maximum atomic E-state index is 13.1. The molecule has 3 atom stereocenters. The lowest BCUT2D eigenvalue weighted by molar-refractivity contribution is 0.0697. The summed E-state index contributed by atoms with van der Waals surface area (Å²) in [7, 11) is 0. The molecule has 0 spiro atoms. The van der Waals surface area contributed by atoms with E-state index in [9.17, 15) is 9.59 Å². The Morgan fingerprint density at radius 3 is 2.32 bits per heavy atom. The maximum absolute atomic E-state index is 13.1. The predicted octanol–water partition coefficient (Wildman–Crippen LogP) is 6.56. The van der Waals surface area contributed by atoms with Gasteiger partial charge >= 0.3 is 12.0 Å². The molecule has 1 heterocycles. The van der Waals surface area contributed by atoms with Crippen LogP contribution in [0.5, 0.6) is 0 Å². The van der Waals surface area contributed by atoms with Gasteiger partial charge < -0.3 is 20.6 Å². The van der Waals surface area contributed by atoms with Crippen molar-refractivity contribution in [1.82, 2.24) is 10.2 Å². The summed E-state index contributed by atoms with van der Waals surface area (Å²) in [5, 5.41) is 18.3. The first-order valence-electron chi connectivity index (χ1n) is 12.6. The monoisotopic (exact) mass is 529 g/mol. The number of carbonyl (C=O) groups excluding carboxylic acids is 1. The van der Waals surface area contributed by atoms with Gasteiger partial charge in [0.25, 0.3) is 0 Å². The molecule has 1 saturated heterocycles. The molecule has 0 saturated carbocycles. The molecule has 2 amide bonds. The first kappa shape index (κ1) is 27.2. The molecule has 1 aliphatic heterocycles. The minimum absolute atomic E-state index is 0. The molecule has 0 radical (unpaired) electrons. The van der Waals surface area contributed by atoms with Crippen LogP contribution in [0.4, 0.5) is 10.5 Å². The number of aromatic carboxylic acids is 1. The quantitative estimate of drug-likeness (QED) is 0.253. The normalized spacial score (nSPS) is 17.6. The summed E-state index contributed by atoms with van der Waals surface area (Å²) in [6, 6.07) is 31.5. The van der Waals surface area contributed by atoms with E-state index in [4.69, 9.17) is 5.11 Å². The van der Waals surface area contributed by atoms with Crippen molar-refractivity contribution in [2.75, 3.05) is 25.0 Å². The number of benzene rings is 4. The van der Waals surface area contributed by atoms with E-state index in [0.717, 1.165) is 6.54 Å². The topological polar surface area (TPSA) is 81.7 Å². The zero-order chi connectivity index (χ0) is 25.8. The number of amides is 2. The van der Waals surface area contributed by atoms with Crippen LogP contribution in [0.25, 0.3) is 10.8 Å². The van der Waals surface area contributed by atoms with Gasteiger partial charge in [0.05, 0.1) is 5.56 Å². The Morgan fingerprint density at radius 1 is 0.895 bits per heavy atom. The van der Waals surface area contributed by atoms with Crippen molar-refractivity contribution in [1.29, 1.82) is 0 Å². The second-order valence-electron chi connectivity index (χ2n) is 9.69. The highest BCUT2D eigenvalue weighted by Crippen LogP contribution is 2.33. The molecular formula is C31H32ClN3O3. The Hall–Kier alpha value is -3.87. The van der Waals surface area contributed by atoms with Crippen LogP contribution in [-0.4, -0.2) is 41.6 Å². The van der Waals surface area contributed by atoms with Gasteiger partial charge in [0.15, 0.2) is 0 Å². The minimum Gasteiger partial charge on any atom is -0.478 e. The van der Waals surface area contributed by atoms with Gasteiger partial charge in [-0.2, -0.15) is 0 Å². The number of urea groups is 1. The summed E-state index contributed by atoms with van der Waals surface area (Å²) in [5.74, 6) is -0.523. The molecule has 0 aliphatic carbocycles. The molecule has 1 fully saturated rings. The Kier molecular flexibility index (Phi) is 8.66. The summed E-state index contributed by atoms with van der Waals surface area (Å²) < 4.78 is 0. The van der Waals surface area contributed by atoms with Crippen molar-refractivity contribution in [3.63, 3.8) is 0 Å². The molecule has 6 nitrogen and oxygen atoms in total. The van der Waals surface area contributed by atoms with Crippen molar-refractivity contribution in [3.05, 3.63) is 114 Å². The molecular weight excluding hydrogens is 498 g/mol. The number of halogens is 1. The molecule has 4 aromatic carbocycles. The molecule has 7 heteroatoms. The number of anilines is 1. The second kappa shape index (κ2) is 12.1. The highest BCUT2D eigenvalue weighted by atomic mass is 35.5. The lowest BCUT2D eigenvalue weighted by atomic mass is 9.88. The van der Waals surface area contributed by atoms with Crippen LogP contribution in [0.1, 0.15) is 40.4 Å². The molecule has 4 aromatic rings. The Morgan fingerprint density at radius 2 is 1.58 bits per heavy atom. The minimum atomic E-state index is -0.990. The fourth-order valence-electron chi connectivity index (χ4n) is 5.29. The van der Waals surface area contributed by atoms with Crippen molar-refractivity contribution in [2.24, 2.45) is 5.92 Å². The predicted molar refractivity (Wildman–Crippen MR) is 154 cm³/mol. The zero-order valence-corrected chi connectivity index (χ0v) is 22.0. The Balaban J connectivity index is 0.00000336. The van der Waals surface area contributed by atoms with Crippen LogP contribution < -0.4 is 10.6 Å². The average molecular weight is 530 g/mol. The fourth-order valence-corrected chi connectivity index (χ4v) is 5.29. The van der Waals surface area contributed by atoms with Crippen LogP contribution in [-0.2, 0) is 0 Å². The Bertz CT molecular complexity index is 1390. The van der Waals surface area contributed by atoms with Crippen LogP contribution >= 0.6 is 12.4 Å². The summed E-state index contributed by atoms with van der Waals surface area (Å²) in [5.41, 5.74) is 3.27. The van der Waals surface area contributed by atoms with E-state index in [1.807, 2.05) is 23.1 Å². The third-order valence-corrected chi connectivity index (χ3v) is 7.32. The largest absolute Gasteiger partial charge is 0.478 e. The lowest BCUT2D eigenvalue weighted by Crippen LogP contribution is -2.34. The van der Waals surface area contributed by atoms with E-state index in [-0.39, 0.29) is 41.9 Å². The molecule has 196 valence electrons. The Labute approximate surface area is 229 Å². The van der Waals surface area contributed by atoms with Crippen LogP contribution in [0.15, 0.2) is 97.1 Å². The number of fused-ring (bicyclic) bond motifs is 1. The number of nitrogens with one attached hydrogen (secondary N) is 2. The highest BCUT2D eigenvalue weighted by Gasteiger charge is 2.36. The number of hydrogen-bond donors (Lipinski definition) is 3. The lowest BCUT2D eigenvalue weighted by Gasteiger charge is -2.23. The first-order valence-corrected chi connectivity index (χ1v) is 12.6. The van der Waals surface area contributed by atoms with Gasteiger partial charge in [-0.15, -0.1) is 12.4 Å². The summed E-state index contributed by atoms with van der Waals surface area (Å²) in [4.78, 5) is 26.1. The maximum Gasteiger partial charge on any atom is 0.335 e. The molecule has 5 rings (SSSR count). The van der Waals surface area contributed by atoms with Gasteiger partial charge in [0, 0.05) is 37.3 Å². The van der Waals surface area contributed by atoms with Crippen LogP contribution in [0, 0.1) is 5.92 Å². The third-order valence-electron chi connectivity index (χ3n) is 7.32. The number of carboxylic acids is 1. The van der Waals surface area contributed by atoms with Crippen LogP contribution in [0.3, 0.4) is 0 Å². The van der Waals surface area contributed by atoms with Crippen molar-refractivity contribution >= 4 is 40.9 Å². The molecule has 0 unspecified atom stereocenters. The molecule has 3 N–H and O–H groups in total. The number of hydrogen-bond acceptors (Lipinski definition) is 3. The van der Waals surface area contributed by atoms with Gasteiger partial charge in [0.2, 0.25) is 0 Å². The van der Waals surface area contributed by atoms with E-state index >= 15 is 0 Å². The summed E-state index contributed by atoms with van der Waals surface area (Å²) in [6.07, 6.45) is 0.